The van der Waals surface area contributed by atoms with Crippen LogP contribution in [0.3, 0.4) is 0 Å². The number of nitrogens with one attached hydrogen (secondary N) is 2. The lowest BCUT2D eigenvalue weighted by atomic mass is 10.3. The van der Waals surface area contributed by atoms with E-state index < -0.39 is 22.9 Å². The van der Waals surface area contributed by atoms with Crippen LogP contribution in [0, 0.1) is 10.1 Å². The number of rotatable bonds is 2. The lowest BCUT2D eigenvalue weighted by Crippen LogP contribution is -2.40. The number of nitro benzene ring substituents is 1. The highest BCUT2D eigenvalue weighted by Gasteiger charge is 2.30. The molecule has 0 radical (unpaired) electrons. The number of carbonyl (C=O) groups is 1. The zero-order valence-corrected chi connectivity index (χ0v) is 9.17. The summed E-state index contributed by atoms with van der Waals surface area (Å²) in [6.07, 6.45) is -4.91. The monoisotopic (exact) mass is 283 g/mol. The fourth-order valence-corrected chi connectivity index (χ4v) is 1.17. The number of amides is 2. The largest absolute Gasteiger partial charge is 0.485 e. The van der Waals surface area contributed by atoms with Gasteiger partial charge in [0.2, 0.25) is 0 Å². The average Bonchev–Trinajstić information content (AvgIpc) is 2.18. The summed E-state index contributed by atoms with van der Waals surface area (Å²) in [6, 6.07) is 1.39. The maximum atomic E-state index is 11.8. The summed E-state index contributed by atoms with van der Waals surface area (Å²) in [5.41, 5.74) is -0.714. The van der Waals surface area contributed by atoms with Gasteiger partial charge in [-0.3, -0.25) is 10.1 Å². The normalized spacial score (nSPS) is 10.9. The Morgan fingerprint density at radius 3 is 2.50 bits per heavy atom. The predicted molar refractivity (Wildman–Crippen MR) is 56.3 cm³/mol. The number of urea groups is 1. The SMILES string of the molecule is O=C(Nc1cc([N+](=O)[O-])ccc1Cl)NC(F)(F)F. The van der Waals surface area contributed by atoms with Gasteiger partial charge in [0.1, 0.15) is 0 Å². The topological polar surface area (TPSA) is 84.3 Å². The number of nitrogens with zero attached hydrogens (tertiary/aromatic N) is 1. The first-order chi connectivity index (χ1) is 8.19. The molecule has 0 spiro atoms. The van der Waals surface area contributed by atoms with Crippen LogP contribution in [0.4, 0.5) is 29.3 Å². The van der Waals surface area contributed by atoms with Crippen LogP contribution in [0.5, 0.6) is 0 Å². The Bertz CT molecular complexity index is 492. The smallest absolute Gasteiger partial charge is 0.306 e. The number of benzene rings is 1. The molecule has 0 atom stereocenters. The number of non-ortho nitro benzene ring substituents is 1. The summed E-state index contributed by atoms with van der Waals surface area (Å²) in [5, 5.41) is 12.7. The molecule has 1 rings (SSSR count). The molecule has 0 aliphatic rings. The van der Waals surface area contributed by atoms with Gasteiger partial charge in [0.05, 0.1) is 15.6 Å². The Hall–Kier alpha value is -2.03. The van der Waals surface area contributed by atoms with E-state index in [-0.39, 0.29) is 10.7 Å². The summed E-state index contributed by atoms with van der Waals surface area (Å²) in [7, 11) is 0. The van der Waals surface area contributed by atoms with Gasteiger partial charge in [-0.2, -0.15) is 13.2 Å². The van der Waals surface area contributed by atoms with E-state index in [1.54, 1.807) is 5.32 Å². The number of hydrogen-bond acceptors (Lipinski definition) is 3. The molecule has 1 aromatic rings. The third-order valence-electron chi connectivity index (χ3n) is 1.66. The first kappa shape index (κ1) is 14.0. The van der Waals surface area contributed by atoms with Crippen LogP contribution in [-0.4, -0.2) is 17.3 Å². The number of alkyl halides is 3. The van der Waals surface area contributed by atoms with Crippen molar-refractivity contribution >= 4 is 29.0 Å². The third kappa shape index (κ3) is 4.09. The molecule has 0 aliphatic heterocycles. The molecular weight excluding hydrogens is 279 g/mol. The Balaban J connectivity index is 2.87. The second-order valence-electron chi connectivity index (χ2n) is 3.00. The van der Waals surface area contributed by atoms with Crippen molar-refractivity contribution in [3.05, 3.63) is 33.3 Å². The van der Waals surface area contributed by atoms with Crippen LogP contribution in [0.1, 0.15) is 0 Å². The molecule has 0 aliphatic carbocycles. The molecule has 1 aromatic carbocycles. The van der Waals surface area contributed by atoms with Crippen LogP contribution in [0.2, 0.25) is 5.02 Å². The van der Waals surface area contributed by atoms with Crippen molar-refractivity contribution in [2.45, 2.75) is 6.30 Å². The molecule has 0 aromatic heterocycles. The fraction of sp³-hybridized carbons (Fsp3) is 0.125. The van der Waals surface area contributed by atoms with Crippen molar-refractivity contribution in [3.63, 3.8) is 0 Å². The first-order valence-electron chi connectivity index (χ1n) is 4.29. The lowest BCUT2D eigenvalue weighted by molar-refractivity contribution is -0.384. The predicted octanol–water partition coefficient (Wildman–Crippen LogP) is 2.89. The van der Waals surface area contributed by atoms with Gasteiger partial charge in [0.25, 0.3) is 5.69 Å². The lowest BCUT2D eigenvalue weighted by Gasteiger charge is -2.10. The second kappa shape index (κ2) is 5.08. The van der Waals surface area contributed by atoms with Gasteiger partial charge in [-0.1, -0.05) is 11.6 Å². The number of nitro groups is 1. The van der Waals surface area contributed by atoms with Gasteiger partial charge in [-0.25, -0.2) is 10.1 Å². The number of carbonyl (C=O) groups excluding carboxylic acids is 1. The van der Waals surface area contributed by atoms with Crippen molar-refractivity contribution in [1.29, 1.82) is 0 Å². The van der Waals surface area contributed by atoms with E-state index in [1.807, 2.05) is 0 Å². The average molecular weight is 284 g/mol. The summed E-state index contributed by atoms with van der Waals surface area (Å²) >= 11 is 5.57. The molecule has 98 valence electrons. The zero-order chi connectivity index (χ0) is 13.9. The number of anilines is 1. The maximum Gasteiger partial charge on any atom is 0.485 e. The standard InChI is InChI=1S/C8H5ClF3N3O3/c9-5-2-1-4(15(17)18)3-6(5)13-7(16)14-8(10,11)12/h1-3H,(H2,13,14,16). The molecule has 18 heavy (non-hydrogen) atoms. The van der Waals surface area contributed by atoms with Crippen LogP contribution in [0.15, 0.2) is 18.2 Å². The molecule has 0 unspecified atom stereocenters. The third-order valence-corrected chi connectivity index (χ3v) is 1.99. The van der Waals surface area contributed by atoms with Crippen LogP contribution in [0.25, 0.3) is 0 Å². The fourth-order valence-electron chi connectivity index (χ4n) is 1.00. The van der Waals surface area contributed by atoms with Crippen molar-refractivity contribution in [3.8, 4) is 0 Å². The Morgan fingerprint density at radius 2 is 2.00 bits per heavy atom. The highest BCUT2D eigenvalue weighted by Crippen LogP contribution is 2.26. The molecule has 6 nitrogen and oxygen atoms in total. The minimum absolute atomic E-state index is 0.127. The van der Waals surface area contributed by atoms with E-state index in [4.69, 9.17) is 11.6 Å². The van der Waals surface area contributed by atoms with Crippen molar-refractivity contribution < 1.29 is 22.9 Å². The van der Waals surface area contributed by atoms with E-state index in [0.717, 1.165) is 18.2 Å². The van der Waals surface area contributed by atoms with E-state index in [0.29, 0.717) is 5.32 Å². The zero-order valence-electron chi connectivity index (χ0n) is 8.42. The van der Waals surface area contributed by atoms with Crippen LogP contribution in [-0.2, 0) is 0 Å². The second-order valence-corrected chi connectivity index (χ2v) is 3.41. The van der Waals surface area contributed by atoms with Crippen molar-refractivity contribution in [2.75, 3.05) is 5.32 Å². The Kier molecular flexibility index (Phi) is 3.96. The van der Waals surface area contributed by atoms with E-state index in [9.17, 15) is 28.1 Å². The van der Waals surface area contributed by atoms with Gasteiger partial charge in [0, 0.05) is 12.1 Å². The van der Waals surface area contributed by atoms with Gasteiger partial charge in [0.15, 0.2) is 0 Å². The molecule has 0 fully saturated rings. The highest BCUT2D eigenvalue weighted by molar-refractivity contribution is 6.33. The first-order valence-corrected chi connectivity index (χ1v) is 4.66. The summed E-state index contributed by atoms with van der Waals surface area (Å²) in [5.74, 6) is 0. The maximum absolute atomic E-state index is 11.8. The molecule has 0 saturated heterocycles. The van der Waals surface area contributed by atoms with E-state index in [1.165, 1.54) is 0 Å². The molecule has 0 bridgehead atoms. The Morgan fingerprint density at radius 1 is 1.39 bits per heavy atom. The van der Waals surface area contributed by atoms with Gasteiger partial charge in [-0.15, -0.1) is 0 Å². The van der Waals surface area contributed by atoms with Gasteiger partial charge in [-0.05, 0) is 6.07 Å². The molecular formula is C8H5ClF3N3O3. The van der Waals surface area contributed by atoms with Crippen molar-refractivity contribution in [2.24, 2.45) is 0 Å². The number of halogens is 4. The quantitative estimate of drug-likeness (QED) is 0.497. The van der Waals surface area contributed by atoms with Gasteiger partial charge >= 0.3 is 12.3 Å². The van der Waals surface area contributed by atoms with E-state index >= 15 is 0 Å². The minimum atomic E-state index is -4.91. The van der Waals surface area contributed by atoms with Crippen LogP contribution < -0.4 is 10.6 Å². The summed E-state index contributed by atoms with van der Waals surface area (Å²) in [4.78, 5) is 20.5. The van der Waals surface area contributed by atoms with E-state index in [2.05, 4.69) is 0 Å². The molecule has 2 N–H and O–H groups in total. The summed E-state index contributed by atoms with van der Waals surface area (Å²) in [6.45, 7) is 0. The summed E-state index contributed by atoms with van der Waals surface area (Å²) < 4.78 is 35.4. The number of hydrogen-bond donors (Lipinski definition) is 2. The van der Waals surface area contributed by atoms with Gasteiger partial charge < -0.3 is 5.32 Å². The molecule has 2 amide bonds. The minimum Gasteiger partial charge on any atom is -0.306 e. The van der Waals surface area contributed by atoms with Crippen LogP contribution >= 0.6 is 11.6 Å². The van der Waals surface area contributed by atoms with Crippen molar-refractivity contribution in [1.82, 2.24) is 5.32 Å². The highest BCUT2D eigenvalue weighted by atomic mass is 35.5. The molecule has 0 heterocycles. The molecule has 10 heteroatoms. The molecule has 0 saturated carbocycles. The Labute approximate surface area is 103 Å².